The molecule has 0 unspecified atom stereocenters. The van der Waals surface area contributed by atoms with Gasteiger partial charge in [0.2, 0.25) is 0 Å². The Morgan fingerprint density at radius 2 is 2.06 bits per heavy atom. The molecule has 31 heavy (non-hydrogen) atoms. The quantitative estimate of drug-likeness (QED) is 0.442. The standard InChI is InChI=1S/C22H20N8S/c1-2-4-16-13-29(7-5-15(16)3-1)14-18-9-20(31-28-18)27-21-22-24-12-19(17-10-25-26-11-17)30(22)8-6-23-21/h1-4,6,8-12H,5,7,13-14H2,(H,23,27)(H,25,26). The number of hydrogen-bond donors (Lipinski definition) is 2. The van der Waals surface area contributed by atoms with E-state index in [4.69, 9.17) is 0 Å². The molecule has 5 aromatic rings. The fourth-order valence-electron chi connectivity index (χ4n) is 4.09. The first-order chi connectivity index (χ1) is 15.3. The molecule has 154 valence electrons. The van der Waals surface area contributed by atoms with Crippen molar-refractivity contribution in [2.45, 2.75) is 19.5 Å². The molecule has 0 saturated carbocycles. The topological polar surface area (TPSA) is 87.0 Å². The minimum absolute atomic E-state index is 0.708. The van der Waals surface area contributed by atoms with Gasteiger partial charge >= 0.3 is 0 Å². The van der Waals surface area contributed by atoms with Gasteiger partial charge in [-0.05, 0) is 35.1 Å². The molecular weight excluding hydrogens is 408 g/mol. The smallest absolute Gasteiger partial charge is 0.180 e. The number of rotatable bonds is 5. The Kier molecular flexibility index (Phi) is 4.47. The lowest BCUT2D eigenvalue weighted by atomic mass is 10.00. The summed E-state index contributed by atoms with van der Waals surface area (Å²) in [6.45, 7) is 2.88. The van der Waals surface area contributed by atoms with E-state index in [1.807, 2.05) is 23.0 Å². The average molecular weight is 429 g/mol. The lowest BCUT2D eigenvalue weighted by molar-refractivity contribution is 0.243. The van der Waals surface area contributed by atoms with E-state index < -0.39 is 0 Å². The van der Waals surface area contributed by atoms with Crippen LogP contribution in [-0.4, -0.2) is 40.4 Å². The van der Waals surface area contributed by atoms with Crippen LogP contribution >= 0.6 is 11.5 Å². The van der Waals surface area contributed by atoms with Crippen molar-refractivity contribution >= 4 is 28.0 Å². The third kappa shape index (κ3) is 3.47. The van der Waals surface area contributed by atoms with Gasteiger partial charge in [0, 0.05) is 43.8 Å². The van der Waals surface area contributed by atoms with Crippen LogP contribution in [0.2, 0.25) is 0 Å². The average Bonchev–Trinajstić information content (AvgIpc) is 3.55. The molecule has 0 saturated heterocycles. The second-order valence-electron chi connectivity index (χ2n) is 7.64. The summed E-state index contributed by atoms with van der Waals surface area (Å²) in [6.07, 6.45) is 10.2. The summed E-state index contributed by atoms with van der Waals surface area (Å²) in [5.41, 5.74) is 6.67. The molecule has 6 rings (SSSR count). The molecule has 9 heteroatoms. The molecule has 0 radical (unpaired) electrons. The predicted octanol–water partition coefficient (Wildman–Crippen LogP) is 3.88. The van der Waals surface area contributed by atoms with Crippen molar-refractivity contribution in [1.29, 1.82) is 0 Å². The summed E-state index contributed by atoms with van der Waals surface area (Å²) in [5, 5.41) is 11.2. The third-order valence-electron chi connectivity index (χ3n) is 5.62. The number of aromatic amines is 1. The molecule has 0 atom stereocenters. The van der Waals surface area contributed by atoms with Gasteiger partial charge < -0.3 is 5.32 Å². The van der Waals surface area contributed by atoms with Crippen LogP contribution in [0.5, 0.6) is 0 Å². The number of fused-ring (bicyclic) bond motifs is 2. The second kappa shape index (κ2) is 7.60. The van der Waals surface area contributed by atoms with Crippen LogP contribution in [0.1, 0.15) is 16.8 Å². The van der Waals surface area contributed by atoms with Gasteiger partial charge in [0.15, 0.2) is 11.5 Å². The van der Waals surface area contributed by atoms with E-state index in [1.54, 1.807) is 12.4 Å². The largest absolute Gasteiger partial charge is 0.328 e. The molecule has 5 heterocycles. The van der Waals surface area contributed by atoms with Crippen molar-refractivity contribution in [2.24, 2.45) is 0 Å². The Bertz CT molecular complexity index is 1340. The SMILES string of the molecule is c1ccc2c(c1)CCN(Cc1cc(Nc3nccn4c(-c5cn[nH]c5)cnc34)sn1)C2. The zero-order chi connectivity index (χ0) is 20.6. The van der Waals surface area contributed by atoms with Gasteiger partial charge in [-0.2, -0.15) is 9.47 Å². The highest BCUT2D eigenvalue weighted by molar-refractivity contribution is 7.10. The maximum atomic E-state index is 4.66. The molecule has 0 aliphatic carbocycles. The van der Waals surface area contributed by atoms with Crippen LogP contribution in [0, 0.1) is 0 Å². The van der Waals surface area contributed by atoms with Crippen LogP contribution in [0.3, 0.4) is 0 Å². The van der Waals surface area contributed by atoms with Gasteiger partial charge in [-0.3, -0.25) is 14.4 Å². The molecule has 0 spiro atoms. The summed E-state index contributed by atoms with van der Waals surface area (Å²) in [5.74, 6) is 0.708. The van der Waals surface area contributed by atoms with Gasteiger partial charge in [0.05, 0.1) is 23.8 Å². The first-order valence-electron chi connectivity index (χ1n) is 10.2. The number of benzene rings is 1. The van der Waals surface area contributed by atoms with Crippen molar-refractivity contribution in [1.82, 2.24) is 33.8 Å². The van der Waals surface area contributed by atoms with Crippen LogP contribution < -0.4 is 5.32 Å². The monoisotopic (exact) mass is 428 g/mol. The predicted molar refractivity (Wildman–Crippen MR) is 120 cm³/mol. The van der Waals surface area contributed by atoms with Crippen molar-refractivity contribution in [3.05, 3.63) is 78.1 Å². The molecular formula is C22H20N8S. The van der Waals surface area contributed by atoms with E-state index in [2.05, 4.69) is 65.1 Å². The van der Waals surface area contributed by atoms with Crippen LogP contribution in [-0.2, 0) is 19.5 Å². The van der Waals surface area contributed by atoms with E-state index in [-0.39, 0.29) is 0 Å². The van der Waals surface area contributed by atoms with E-state index >= 15 is 0 Å². The first-order valence-corrected chi connectivity index (χ1v) is 10.9. The summed E-state index contributed by atoms with van der Waals surface area (Å²) in [7, 11) is 0. The minimum Gasteiger partial charge on any atom is -0.328 e. The molecule has 8 nitrogen and oxygen atoms in total. The maximum absolute atomic E-state index is 4.66. The highest BCUT2D eigenvalue weighted by Crippen LogP contribution is 2.27. The number of anilines is 2. The van der Waals surface area contributed by atoms with Crippen LogP contribution in [0.15, 0.2) is 61.3 Å². The van der Waals surface area contributed by atoms with Gasteiger partial charge in [-0.25, -0.2) is 9.97 Å². The molecule has 0 bridgehead atoms. The molecule has 0 amide bonds. The molecule has 4 aromatic heterocycles. The fourth-order valence-corrected chi connectivity index (χ4v) is 4.75. The maximum Gasteiger partial charge on any atom is 0.180 e. The third-order valence-corrected chi connectivity index (χ3v) is 6.36. The molecule has 2 N–H and O–H groups in total. The van der Waals surface area contributed by atoms with E-state index in [9.17, 15) is 0 Å². The van der Waals surface area contributed by atoms with Crippen molar-refractivity contribution in [3.63, 3.8) is 0 Å². The summed E-state index contributed by atoms with van der Waals surface area (Å²) in [6, 6.07) is 10.8. The van der Waals surface area contributed by atoms with Crippen molar-refractivity contribution in [3.8, 4) is 11.3 Å². The first kappa shape index (κ1) is 18.2. The lowest BCUT2D eigenvalue weighted by Gasteiger charge is -2.27. The Balaban J connectivity index is 1.20. The zero-order valence-corrected chi connectivity index (χ0v) is 17.5. The van der Waals surface area contributed by atoms with Crippen molar-refractivity contribution < 1.29 is 0 Å². The summed E-state index contributed by atoms with van der Waals surface area (Å²) < 4.78 is 6.67. The Morgan fingerprint density at radius 1 is 1.13 bits per heavy atom. The number of nitrogens with one attached hydrogen (secondary N) is 2. The number of hydrogen-bond acceptors (Lipinski definition) is 7. The Labute approximate surface area is 182 Å². The number of aromatic nitrogens is 6. The van der Waals surface area contributed by atoms with Crippen LogP contribution in [0.25, 0.3) is 16.9 Å². The van der Waals surface area contributed by atoms with Gasteiger partial charge in [-0.1, -0.05) is 24.3 Å². The summed E-state index contributed by atoms with van der Waals surface area (Å²) in [4.78, 5) is 11.5. The van der Waals surface area contributed by atoms with Gasteiger partial charge in [0.25, 0.3) is 0 Å². The van der Waals surface area contributed by atoms with Gasteiger partial charge in [-0.15, -0.1) is 0 Å². The molecule has 1 aromatic carbocycles. The van der Waals surface area contributed by atoms with Crippen molar-refractivity contribution in [2.75, 3.05) is 11.9 Å². The highest BCUT2D eigenvalue weighted by atomic mass is 32.1. The lowest BCUT2D eigenvalue weighted by Crippen LogP contribution is -2.30. The highest BCUT2D eigenvalue weighted by Gasteiger charge is 2.17. The van der Waals surface area contributed by atoms with E-state index in [0.29, 0.717) is 5.82 Å². The second-order valence-corrected chi connectivity index (χ2v) is 8.44. The summed E-state index contributed by atoms with van der Waals surface area (Å²) >= 11 is 1.45. The number of imidazole rings is 1. The molecule has 1 aliphatic rings. The zero-order valence-electron chi connectivity index (χ0n) is 16.7. The fraction of sp³-hybridized carbons (Fsp3) is 0.182. The Morgan fingerprint density at radius 3 is 2.97 bits per heavy atom. The van der Waals surface area contributed by atoms with Crippen LogP contribution in [0.4, 0.5) is 10.8 Å². The van der Waals surface area contributed by atoms with Gasteiger partial charge in [0.1, 0.15) is 5.00 Å². The Hall–Kier alpha value is -3.56. The van der Waals surface area contributed by atoms with E-state index in [1.165, 1.54) is 22.7 Å². The minimum atomic E-state index is 0.708. The normalized spacial score (nSPS) is 14.1. The number of H-pyrrole nitrogens is 1. The number of nitrogens with zero attached hydrogens (tertiary/aromatic N) is 6. The molecule has 0 fully saturated rings. The molecule has 1 aliphatic heterocycles. The van der Waals surface area contributed by atoms with E-state index in [0.717, 1.165) is 53.7 Å².